The van der Waals surface area contributed by atoms with Crippen molar-refractivity contribution in [3.05, 3.63) is 59.4 Å². The summed E-state index contributed by atoms with van der Waals surface area (Å²) in [5.41, 5.74) is 3.15. The molecule has 1 aliphatic heterocycles. The van der Waals surface area contributed by atoms with Gasteiger partial charge in [-0.05, 0) is 48.7 Å². The third-order valence-electron chi connectivity index (χ3n) is 3.73. The van der Waals surface area contributed by atoms with Crippen LogP contribution in [-0.4, -0.2) is 16.5 Å². The van der Waals surface area contributed by atoms with Gasteiger partial charge in [0.15, 0.2) is 0 Å². The highest BCUT2D eigenvalue weighted by Gasteiger charge is 2.29. The minimum absolute atomic E-state index is 0.0169. The Balaban J connectivity index is 1.58. The van der Waals surface area contributed by atoms with Crippen molar-refractivity contribution in [1.82, 2.24) is 10.3 Å². The van der Waals surface area contributed by atoms with Crippen LogP contribution in [0.1, 0.15) is 30.5 Å². The molecule has 0 radical (unpaired) electrons. The van der Waals surface area contributed by atoms with Crippen molar-refractivity contribution in [2.45, 2.75) is 38.8 Å². The first kappa shape index (κ1) is 14.6. The standard InChI is InChI=1S/C18H20N2O2/c1-18(2)11-15-9-14(3-4-16(15)22-18)12-20-17(21)10-13-5-7-19-8-6-13/h3-9H,10-12H2,1-2H3,(H,20,21). The molecule has 0 saturated carbocycles. The molecule has 0 spiro atoms. The predicted octanol–water partition coefficient (Wildman–Crippen LogP) is 2.65. The SMILES string of the molecule is CC1(C)Cc2cc(CNC(=O)Cc3ccncc3)ccc2O1. The number of hydrogen-bond acceptors (Lipinski definition) is 3. The summed E-state index contributed by atoms with van der Waals surface area (Å²) >= 11 is 0. The number of benzene rings is 1. The zero-order valence-corrected chi connectivity index (χ0v) is 12.9. The molecule has 0 fully saturated rings. The van der Waals surface area contributed by atoms with Gasteiger partial charge in [0, 0.05) is 25.4 Å². The summed E-state index contributed by atoms with van der Waals surface area (Å²) in [6.07, 6.45) is 4.68. The summed E-state index contributed by atoms with van der Waals surface area (Å²) in [4.78, 5) is 15.9. The van der Waals surface area contributed by atoms with Crippen molar-refractivity contribution in [1.29, 1.82) is 0 Å². The van der Waals surface area contributed by atoms with Gasteiger partial charge < -0.3 is 10.1 Å². The number of amides is 1. The third kappa shape index (κ3) is 3.45. The van der Waals surface area contributed by atoms with E-state index in [-0.39, 0.29) is 11.5 Å². The van der Waals surface area contributed by atoms with E-state index in [0.29, 0.717) is 13.0 Å². The summed E-state index contributed by atoms with van der Waals surface area (Å²) in [7, 11) is 0. The highest BCUT2D eigenvalue weighted by atomic mass is 16.5. The Bertz CT molecular complexity index is 681. The van der Waals surface area contributed by atoms with E-state index in [9.17, 15) is 4.79 Å². The van der Waals surface area contributed by atoms with Crippen LogP contribution in [0.3, 0.4) is 0 Å². The van der Waals surface area contributed by atoms with Gasteiger partial charge in [0.05, 0.1) is 6.42 Å². The Hall–Kier alpha value is -2.36. The molecule has 114 valence electrons. The monoisotopic (exact) mass is 296 g/mol. The molecule has 1 aliphatic rings. The van der Waals surface area contributed by atoms with Crippen LogP contribution in [0, 0.1) is 0 Å². The molecule has 0 saturated heterocycles. The molecule has 1 aromatic heterocycles. The van der Waals surface area contributed by atoms with Crippen LogP contribution in [0.4, 0.5) is 0 Å². The van der Waals surface area contributed by atoms with Gasteiger partial charge in [-0.3, -0.25) is 9.78 Å². The van der Waals surface area contributed by atoms with E-state index in [2.05, 4.69) is 30.2 Å². The molecule has 0 bridgehead atoms. The van der Waals surface area contributed by atoms with Crippen LogP contribution in [0.15, 0.2) is 42.7 Å². The number of ether oxygens (including phenoxy) is 1. The second-order valence-corrected chi connectivity index (χ2v) is 6.29. The van der Waals surface area contributed by atoms with Gasteiger partial charge >= 0.3 is 0 Å². The highest BCUT2D eigenvalue weighted by Crippen LogP contribution is 2.35. The maximum absolute atomic E-state index is 12.0. The van der Waals surface area contributed by atoms with Gasteiger partial charge in [0.1, 0.15) is 11.4 Å². The van der Waals surface area contributed by atoms with Crippen LogP contribution in [0.2, 0.25) is 0 Å². The van der Waals surface area contributed by atoms with E-state index >= 15 is 0 Å². The summed E-state index contributed by atoms with van der Waals surface area (Å²) in [6, 6.07) is 9.83. The molecule has 1 N–H and O–H groups in total. The fourth-order valence-electron chi connectivity index (χ4n) is 2.72. The van der Waals surface area contributed by atoms with Crippen molar-refractivity contribution >= 4 is 5.91 Å². The fraction of sp³-hybridized carbons (Fsp3) is 0.333. The lowest BCUT2D eigenvalue weighted by Crippen LogP contribution is -2.24. The Morgan fingerprint density at radius 1 is 1.23 bits per heavy atom. The minimum atomic E-state index is -0.133. The average molecular weight is 296 g/mol. The first-order valence-electron chi connectivity index (χ1n) is 7.48. The maximum atomic E-state index is 12.0. The van der Waals surface area contributed by atoms with E-state index in [1.54, 1.807) is 12.4 Å². The normalized spacial score (nSPS) is 15.0. The molecular weight excluding hydrogens is 276 g/mol. The Morgan fingerprint density at radius 2 is 2.00 bits per heavy atom. The molecule has 3 rings (SSSR count). The van der Waals surface area contributed by atoms with Gasteiger partial charge in [-0.2, -0.15) is 0 Å². The molecule has 1 aromatic carbocycles. The molecule has 2 heterocycles. The first-order valence-corrected chi connectivity index (χ1v) is 7.48. The number of hydrogen-bond donors (Lipinski definition) is 1. The molecule has 0 aliphatic carbocycles. The third-order valence-corrected chi connectivity index (χ3v) is 3.73. The number of aromatic nitrogens is 1. The Kier molecular flexibility index (Phi) is 3.84. The van der Waals surface area contributed by atoms with Crippen molar-refractivity contribution < 1.29 is 9.53 Å². The van der Waals surface area contributed by atoms with Crippen LogP contribution < -0.4 is 10.1 Å². The Labute approximate surface area is 130 Å². The lowest BCUT2D eigenvalue weighted by Gasteiger charge is -2.16. The first-order chi connectivity index (χ1) is 10.5. The quantitative estimate of drug-likeness (QED) is 0.943. The van der Waals surface area contributed by atoms with Crippen molar-refractivity contribution in [3.8, 4) is 5.75 Å². The summed E-state index contributed by atoms with van der Waals surface area (Å²) < 4.78 is 5.86. The molecule has 4 nitrogen and oxygen atoms in total. The summed E-state index contributed by atoms with van der Waals surface area (Å²) in [5.74, 6) is 0.972. The molecule has 2 aromatic rings. The van der Waals surface area contributed by atoms with Gasteiger partial charge in [-0.15, -0.1) is 0 Å². The molecule has 0 atom stereocenters. The highest BCUT2D eigenvalue weighted by molar-refractivity contribution is 5.78. The number of nitrogens with one attached hydrogen (secondary N) is 1. The lowest BCUT2D eigenvalue weighted by molar-refractivity contribution is -0.120. The second kappa shape index (κ2) is 5.79. The van der Waals surface area contributed by atoms with Gasteiger partial charge in [-0.1, -0.05) is 12.1 Å². The average Bonchev–Trinajstić information content (AvgIpc) is 2.79. The van der Waals surface area contributed by atoms with Crippen LogP contribution >= 0.6 is 0 Å². The number of carbonyl (C=O) groups excluding carboxylic acids is 1. The lowest BCUT2D eigenvalue weighted by atomic mass is 10.0. The number of rotatable bonds is 4. The van der Waals surface area contributed by atoms with Crippen LogP contribution in [0.5, 0.6) is 5.75 Å². The smallest absolute Gasteiger partial charge is 0.224 e. The van der Waals surface area contributed by atoms with Gasteiger partial charge in [0.25, 0.3) is 0 Å². The second-order valence-electron chi connectivity index (χ2n) is 6.29. The van der Waals surface area contributed by atoms with E-state index in [0.717, 1.165) is 23.3 Å². The Morgan fingerprint density at radius 3 is 2.77 bits per heavy atom. The predicted molar refractivity (Wildman–Crippen MR) is 84.6 cm³/mol. The van der Waals surface area contributed by atoms with E-state index in [1.165, 1.54) is 5.56 Å². The fourth-order valence-corrected chi connectivity index (χ4v) is 2.72. The van der Waals surface area contributed by atoms with Crippen molar-refractivity contribution in [3.63, 3.8) is 0 Å². The largest absolute Gasteiger partial charge is 0.487 e. The maximum Gasteiger partial charge on any atom is 0.224 e. The molecular formula is C18H20N2O2. The summed E-state index contributed by atoms with van der Waals surface area (Å²) in [6.45, 7) is 4.71. The van der Waals surface area contributed by atoms with Gasteiger partial charge in [0.2, 0.25) is 5.91 Å². The molecule has 1 amide bonds. The van der Waals surface area contributed by atoms with E-state index in [4.69, 9.17) is 4.74 Å². The minimum Gasteiger partial charge on any atom is -0.487 e. The number of nitrogens with zero attached hydrogens (tertiary/aromatic N) is 1. The number of pyridine rings is 1. The molecule has 22 heavy (non-hydrogen) atoms. The zero-order chi connectivity index (χ0) is 15.6. The number of carbonyl (C=O) groups is 1. The number of fused-ring (bicyclic) bond motifs is 1. The van der Waals surface area contributed by atoms with Crippen LogP contribution in [0.25, 0.3) is 0 Å². The van der Waals surface area contributed by atoms with Gasteiger partial charge in [-0.25, -0.2) is 0 Å². The topological polar surface area (TPSA) is 51.2 Å². The van der Waals surface area contributed by atoms with Crippen molar-refractivity contribution in [2.75, 3.05) is 0 Å². The summed E-state index contributed by atoms with van der Waals surface area (Å²) in [5, 5.41) is 2.96. The molecule has 0 unspecified atom stereocenters. The van der Waals surface area contributed by atoms with Crippen molar-refractivity contribution in [2.24, 2.45) is 0 Å². The van der Waals surface area contributed by atoms with E-state index in [1.807, 2.05) is 24.3 Å². The van der Waals surface area contributed by atoms with E-state index < -0.39 is 0 Å². The zero-order valence-electron chi connectivity index (χ0n) is 12.9. The van der Waals surface area contributed by atoms with Crippen LogP contribution in [-0.2, 0) is 24.2 Å². The molecule has 4 heteroatoms.